The molecule has 0 heterocycles. The normalized spacial score (nSPS) is 11.9. The Balaban J connectivity index is 1.82. The number of hydrogen-bond donors (Lipinski definition) is 1. The molecule has 0 bridgehead atoms. The van der Waals surface area contributed by atoms with Crippen LogP contribution in [0.1, 0.15) is 37.8 Å². The second-order valence-electron chi connectivity index (χ2n) is 6.55. The van der Waals surface area contributed by atoms with Gasteiger partial charge in [0.05, 0.1) is 6.54 Å². The summed E-state index contributed by atoms with van der Waals surface area (Å²) in [4.78, 5) is 12.2. The molecule has 0 aliphatic heterocycles. The summed E-state index contributed by atoms with van der Waals surface area (Å²) in [6.07, 6.45) is -0.611. The maximum Gasteiger partial charge on any atom is 0.260 e. The molecule has 0 aliphatic carbocycles. The van der Waals surface area contributed by atoms with Crippen LogP contribution < -0.4 is 14.8 Å². The van der Waals surface area contributed by atoms with E-state index in [1.54, 1.807) is 19.1 Å². The van der Waals surface area contributed by atoms with Gasteiger partial charge in [0.1, 0.15) is 23.9 Å². The van der Waals surface area contributed by atoms with Crippen LogP contribution in [0.3, 0.4) is 0 Å². The van der Waals surface area contributed by atoms with Crippen molar-refractivity contribution < 1.29 is 18.7 Å². The highest BCUT2D eigenvalue weighted by Gasteiger charge is 2.17. The van der Waals surface area contributed by atoms with Gasteiger partial charge in [-0.1, -0.05) is 26.0 Å². The molecule has 1 atom stereocenters. The van der Waals surface area contributed by atoms with Crippen LogP contribution in [-0.4, -0.2) is 25.2 Å². The summed E-state index contributed by atoms with van der Waals surface area (Å²) in [6, 6.07) is 11.8. The number of nitrogens with one attached hydrogen (secondary N) is 1. The van der Waals surface area contributed by atoms with Crippen molar-refractivity contribution in [2.75, 3.05) is 13.2 Å². The number of ether oxygens (including phenoxy) is 2. The Kier molecular flexibility index (Phi) is 7.01. The van der Waals surface area contributed by atoms with Crippen LogP contribution in [0.25, 0.3) is 0 Å². The van der Waals surface area contributed by atoms with Crippen molar-refractivity contribution in [2.45, 2.75) is 39.7 Å². The summed E-state index contributed by atoms with van der Waals surface area (Å²) < 4.78 is 24.2. The van der Waals surface area contributed by atoms with E-state index in [-0.39, 0.29) is 11.7 Å². The van der Waals surface area contributed by atoms with Gasteiger partial charge in [-0.15, -0.1) is 0 Å². The molecule has 0 unspecified atom stereocenters. The molecule has 2 aromatic carbocycles. The summed E-state index contributed by atoms with van der Waals surface area (Å²) >= 11 is 0. The first-order valence-corrected chi connectivity index (χ1v) is 8.80. The fourth-order valence-corrected chi connectivity index (χ4v) is 2.48. The van der Waals surface area contributed by atoms with Gasteiger partial charge < -0.3 is 14.8 Å². The molecule has 0 spiro atoms. The molecule has 5 heteroatoms. The molecule has 1 amide bonds. The zero-order chi connectivity index (χ0) is 19.1. The maximum absolute atomic E-state index is 12.8. The molecule has 0 fully saturated rings. The zero-order valence-electron chi connectivity index (χ0n) is 15.7. The van der Waals surface area contributed by atoms with Crippen molar-refractivity contribution in [1.29, 1.82) is 0 Å². The summed E-state index contributed by atoms with van der Waals surface area (Å²) in [5, 5.41) is 2.78. The van der Waals surface area contributed by atoms with Crippen molar-refractivity contribution >= 4 is 5.91 Å². The lowest BCUT2D eigenvalue weighted by Gasteiger charge is -2.19. The van der Waals surface area contributed by atoms with Gasteiger partial charge in [-0.2, -0.15) is 0 Å². The van der Waals surface area contributed by atoms with E-state index >= 15 is 0 Å². The zero-order valence-corrected chi connectivity index (χ0v) is 15.7. The van der Waals surface area contributed by atoms with Crippen LogP contribution in [-0.2, 0) is 4.79 Å². The standard InChI is InChI=1S/C21H26FNO3/c1-14(2)19-10-5-15(3)13-20(19)26-16(4)21(24)23-11-12-25-18-8-6-17(22)7-9-18/h5-10,13-14,16H,11-12H2,1-4H3,(H,23,24)/t16-/m1/s1. The molecule has 140 valence electrons. The van der Waals surface area contributed by atoms with E-state index in [1.807, 2.05) is 25.1 Å². The third kappa shape index (κ3) is 5.76. The Hall–Kier alpha value is -2.56. The topological polar surface area (TPSA) is 47.6 Å². The van der Waals surface area contributed by atoms with Gasteiger partial charge in [-0.05, 0) is 61.2 Å². The van der Waals surface area contributed by atoms with Crippen molar-refractivity contribution in [2.24, 2.45) is 0 Å². The van der Waals surface area contributed by atoms with Gasteiger partial charge in [-0.25, -0.2) is 4.39 Å². The lowest BCUT2D eigenvalue weighted by atomic mass is 10.0. The van der Waals surface area contributed by atoms with Gasteiger partial charge >= 0.3 is 0 Å². The number of aryl methyl sites for hydroxylation is 1. The Bertz CT molecular complexity index is 729. The predicted molar refractivity (Wildman–Crippen MR) is 100 cm³/mol. The van der Waals surface area contributed by atoms with Crippen molar-refractivity contribution in [1.82, 2.24) is 5.32 Å². The third-order valence-corrected chi connectivity index (χ3v) is 3.95. The molecule has 2 aromatic rings. The Morgan fingerprint density at radius 3 is 2.46 bits per heavy atom. The van der Waals surface area contributed by atoms with Crippen LogP contribution in [0.5, 0.6) is 11.5 Å². The van der Waals surface area contributed by atoms with E-state index in [0.29, 0.717) is 24.8 Å². The Morgan fingerprint density at radius 1 is 1.12 bits per heavy atom. The van der Waals surface area contributed by atoms with E-state index in [2.05, 4.69) is 19.2 Å². The van der Waals surface area contributed by atoms with Crippen LogP contribution >= 0.6 is 0 Å². The lowest BCUT2D eigenvalue weighted by molar-refractivity contribution is -0.127. The average molecular weight is 359 g/mol. The highest BCUT2D eigenvalue weighted by molar-refractivity contribution is 5.80. The molecular weight excluding hydrogens is 333 g/mol. The monoisotopic (exact) mass is 359 g/mol. The number of benzene rings is 2. The van der Waals surface area contributed by atoms with Crippen LogP contribution in [0.4, 0.5) is 4.39 Å². The Labute approximate surface area is 154 Å². The highest BCUT2D eigenvalue weighted by Crippen LogP contribution is 2.28. The minimum absolute atomic E-state index is 0.205. The fourth-order valence-electron chi connectivity index (χ4n) is 2.48. The van der Waals surface area contributed by atoms with Crippen LogP contribution in [0, 0.1) is 12.7 Å². The first-order valence-electron chi connectivity index (χ1n) is 8.80. The van der Waals surface area contributed by atoms with Gasteiger partial charge in [0.25, 0.3) is 5.91 Å². The smallest absolute Gasteiger partial charge is 0.260 e. The van der Waals surface area contributed by atoms with Gasteiger partial charge in [0.2, 0.25) is 0 Å². The van der Waals surface area contributed by atoms with E-state index in [4.69, 9.17) is 9.47 Å². The minimum atomic E-state index is -0.611. The molecule has 0 aliphatic rings. The Morgan fingerprint density at radius 2 is 1.81 bits per heavy atom. The molecule has 0 radical (unpaired) electrons. The molecular formula is C21H26FNO3. The van der Waals surface area contributed by atoms with Gasteiger partial charge in [0.15, 0.2) is 6.10 Å². The van der Waals surface area contributed by atoms with E-state index in [9.17, 15) is 9.18 Å². The molecule has 0 saturated heterocycles. The molecule has 0 aromatic heterocycles. The predicted octanol–water partition coefficient (Wildman–Crippen LogP) is 4.22. The van der Waals surface area contributed by atoms with E-state index < -0.39 is 6.10 Å². The number of rotatable bonds is 8. The van der Waals surface area contributed by atoms with Crippen molar-refractivity contribution in [3.05, 3.63) is 59.4 Å². The first kappa shape index (κ1) is 19.8. The summed E-state index contributed by atoms with van der Waals surface area (Å²) in [5.74, 6) is 1.10. The number of carbonyl (C=O) groups is 1. The minimum Gasteiger partial charge on any atom is -0.492 e. The van der Waals surface area contributed by atoms with Crippen LogP contribution in [0.2, 0.25) is 0 Å². The third-order valence-electron chi connectivity index (χ3n) is 3.95. The molecule has 0 saturated carbocycles. The highest BCUT2D eigenvalue weighted by atomic mass is 19.1. The SMILES string of the molecule is Cc1ccc(C(C)C)c(O[C@H](C)C(=O)NCCOc2ccc(F)cc2)c1. The summed E-state index contributed by atoms with van der Waals surface area (Å²) in [7, 11) is 0. The largest absolute Gasteiger partial charge is 0.492 e. The molecule has 4 nitrogen and oxygen atoms in total. The quantitative estimate of drug-likeness (QED) is 0.718. The lowest BCUT2D eigenvalue weighted by Crippen LogP contribution is -2.38. The molecule has 26 heavy (non-hydrogen) atoms. The number of amides is 1. The second kappa shape index (κ2) is 9.22. The van der Waals surface area contributed by atoms with Crippen molar-refractivity contribution in [3.8, 4) is 11.5 Å². The molecule has 1 N–H and O–H groups in total. The summed E-state index contributed by atoms with van der Waals surface area (Å²) in [5.41, 5.74) is 2.17. The van der Waals surface area contributed by atoms with Crippen LogP contribution in [0.15, 0.2) is 42.5 Å². The van der Waals surface area contributed by atoms with Gasteiger partial charge in [-0.3, -0.25) is 4.79 Å². The maximum atomic E-state index is 12.8. The average Bonchev–Trinajstić information content (AvgIpc) is 2.59. The van der Waals surface area contributed by atoms with E-state index in [1.165, 1.54) is 12.1 Å². The first-order chi connectivity index (χ1) is 12.4. The van der Waals surface area contributed by atoms with Gasteiger partial charge in [0, 0.05) is 0 Å². The fraction of sp³-hybridized carbons (Fsp3) is 0.381. The summed E-state index contributed by atoms with van der Waals surface area (Å²) in [6.45, 7) is 8.54. The molecule has 2 rings (SSSR count). The second-order valence-corrected chi connectivity index (χ2v) is 6.55. The number of carbonyl (C=O) groups excluding carboxylic acids is 1. The number of hydrogen-bond acceptors (Lipinski definition) is 3. The van der Waals surface area contributed by atoms with E-state index in [0.717, 1.165) is 16.9 Å². The van der Waals surface area contributed by atoms with Crippen molar-refractivity contribution in [3.63, 3.8) is 0 Å². The number of halogens is 1.